The number of ether oxygens (including phenoxy) is 1. The summed E-state index contributed by atoms with van der Waals surface area (Å²) in [6.45, 7) is 15.4. The Hall–Kier alpha value is -0.940. The van der Waals surface area contributed by atoms with Crippen LogP contribution in [0, 0.1) is 5.92 Å². The van der Waals surface area contributed by atoms with Crippen LogP contribution in [0.3, 0.4) is 0 Å². The highest BCUT2D eigenvalue weighted by molar-refractivity contribution is 14.0. The molecule has 1 aromatic rings. The van der Waals surface area contributed by atoms with Crippen LogP contribution in [0.4, 0.5) is 0 Å². The van der Waals surface area contributed by atoms with Gasteiger partial charge in [-0.1, -0.05) is 13.8 Å². The van der Waals surface area contributed by atoms with Crippen molar-refractivity contribution in [3.05, 3.63) is 12.2 Å². The number of rotatable bonds is 8. The van der Waals surface area contributed by atoms with Crippen molar-refractivity contribution in [3.8, 4) is 0 Å². The van der Waals surface area contributed by atoms with E-state index in [-0.39, 0.29) is 24.0 Å². The van der Waals surface area contributed by atoms with Crippen LogP contribution in [0.15, 0.2) is 11.3 Å². The van der Waals surface area contributed by atoms with Crippen molar-refractivity contribution in [2.75, 3.05) is 39.4 Å². The van der Waals surface area contributed by atoms with Gasteiger partial charge in [-0.15, -0.1) is 34.2 Å². The van der Waals surface area contributed by atoms with Crippen LogP contribution < -0.4 is 10.6 Å². The SMILES string of the molecule is CCNC(=NCc1nncn1CC)NCC(C(C)C)N1CCOCC1.I. The summed E-state index contributed by atoms with van der Waals surface area (Å²) in [6.07, 6.45) is 1.75. The minimum absolute atomic E-state index is 0. The fourth-order valence-electron chi connectivity index (χ4n) is 3.05. The number of nitrogens with zero attached hydrogens (tertiary/aromatic N) is 5. The van der Waals surface area contributed by atoms with E-state index in [9.17, 15) is 0 Å². The van der Waals surface area contributed by atoms with Crippen molar-refractivity contribution in [2.45, 2.75) is 46.8 Å². The van der Waals surface area contributed by atoms with Gasteiger partial charge in [0.2, 0.25) is 0 Å². The lowest BCUT2D eigenvalue weighted by Gasteiger charge is -2.37. The summed E-state index contributed by atoms with van der Waals surface area (Å²) in [5.74, 6) is 2.28. The minimum atomic E-state index is 0. The van der Waals surface area contributed by atoms with Gasteiger partial charge in [0.15, 0.2) is 11.8 Å². The van der Waals surface area contributed by atoms with Gasteiger partial charge in [0, 0.05) is 38.8 Å². The molecule has 1 fully saturated rings. The molecule has 0 radical (unpaired) electrons. The third kappa shape index (κ3) is 6.99. The normalized spacial score (nSPS) is 17.0. The Balaban J connectivity index is 0.00000338. The van der Waals surface area contributed by atoms with Gasteiger partial charge >= 0.3 is 0 Å². The molecule has 0 bridgehead atoms. The fraction of sp³-hybridized carbons (Fsp3) is 0.824. The van der Waals surface area contributed by atoms with Crippen LogP contribution in [-0.4, -0.2) is 71.1 Å². The maximum atomic E-state index is 5.48. The van der Waals surface area contributed by atoms with Crippen LogP contribution in [0.5, 0.6) is 0 Å². The number of guanidine groups is 1. The lowest BCUT2D eigenvalue weighted by Crippen LogP contribution is -2.52. The predicted molar refractivity (Wildman–Crippen MR) is 115 cm³/mol. The number of aliphatic imine (C=N–C) groups is 1. The van der Waals surface area contributed by atoms with Crippen molar-refractivity contribution in [2.24, 2.45) is 10.9 Å². The molecule has 150 valence electrons. The second kappa shape index (κ2) is 12.4. The lowest BCUT2D eigenvalue weighted by atomic mass is 10.0. The highest BCUT2D eigenvalue weighted by atomic mass is 127. The van der Waals surface area contributed by atoms with Gasteiger partial charge in [-0.2, -0.15) is 0 Å². The Morgan fingerprint density at radius 1 is 1.27 bits per heavy atom. The van der Waals surface area contributed by atoms with Crippen LogP contribution in [0.1, 0.15) is 33.5 Å². The Kier molecular flexibility index (Phi) is 11.1. The maximum absolute atomic E-state index is 5.48. The molecule has 1 aromatic heterocycles. The minimum Gasteiger partial charge on any atom is -0.379 e. The molecule has 0 saturated carbocycles. The number of hydrogen-bond acceptors (Lipinski definition) is 5. The molecular weight excluding hydrogens is 445 g/mol. The van der Waals surface area contributed by atoms with E-state index in [2.05, 4.69) is 58.4 Å². The quantitative estimate of drug-likeness (QED) is 0.333. The molecule has 2 rings (SSSR count). The molecule has 0 aromatic carbocycles. The van der Waals surface area contributed by atoms with E-state index in [0.29, 0.717) is 18.5 Å². The van der Waals surface area contributed by atoms with Crippen molar-refractivity contribution in [3.63, 3.8) is 0 Å². The van der Waals surface area contributed by atoms with Crippen molar-refractivity contribution in [1.82, 2.24) is 30.3 Å². The first-order chi connectivity index (χ1) is 12.2. The van der Waals surface area contributed by atoms with E-state index in [1.165, 1.54) is 0 Å². The third-order valence-electron chi connectivity index (χ3n) is 4.52. The second-order valence-electron chi connectivity index (χ2n) is 6.57. The highest BCUT2D eigenvalue weighted by Crippen LogP contribution is 2.12. The van der Waals surface area contributed by atoms with E-state index >= 15 is 0 Å². The summed E-state index contributed by atoms with van der Waals surface area (Å²) in [5, 5.41) is 14.9. The van der Waals surface area contributed by atoms with Gasteiger partial charge in [-0.25, -0.2) is 4.99 Å². The molecule has 26 heavy (non-hydrogen) atoms. The molecule has 8 nitrogen and oxygen atoms in total. The Labute approximate surface area is 174 Å². The Morgan fingerprint density at radius 2 is 2.00 bits per heavy atom. The van der Waals surface area contributed by atoms with Crippen LogP contribution in [0.25, 0.3) is 0 Å². The molecule has 0 spiro atoms. The molecule has 1 atom stereocenters. The molecule has 2 heterocycles. The van der Waals surface area contributed by atoms with Crippen molar-refractivity contribution >= 4 is 29.9 Å². The van der Waals surface area contributed by atoms with E-state index < -0.39 is 0 Å². The molecule has 1 saturated heterocycles. The van der Waals surface area contributed by atoms with E-state index in [1.807, 2.05) is 4.57 Å². The second-order valence-corrected chi connectivity index (χ2v) is 6.57. The molecule has 1 unspecified atom stereocenters. The molecule has 1 aliphatic rings. The molecule has 2 N–H and O–H groups in total. The van der Waals surface area contributed by atoms with Gasteiger partial charge in [0.05, 0.1) is 13.2 Å². The van der Waals surface area contributed by atoms with E-state index in [1.54, 1.807) is 6.33 Å². The number of aryl methyl sites for hydroxylation is 1. The first-order valence-corrected chi connectivity index (χ1v) is 9.36. The number of halogens is 1. The largest absolute Gasteiger partial charge is 0.379 e. The van der Waals surface area contributed by atoms with E-state index in [4.69, 9.17) is 4.74 Å². The first kappa shape index (κ1) is 23.1. The Bertz CT molecular complexity index is 529. The zero-order chi connectivity index (χ0) is 18.1. The van der Waals surface area contributed by atoms with E-state index in [0.717, 1.165) is 57.7 Å². The standard InChI is InChI=1S/C17H33N7O.HI/c1-5-18-17(20-12-16-22-21-13-23(16)6-2)19-11-15(14(3)4)24-7-9-25-10-8-24;/h13-15H,5-12H2,1-4H3,(H2,18,19,20);1H. The topological polar surface area (TPSA) is 79.6 Å². The molecule has 0 aliphatic carbocycles. The monoisotopic (exact) mass is 479 g/mol. The summed E-state index contributed by atoms with van der Waals surface area (Å²) in [7, 11) is 0. The third-order valence-corrected chi connectivity index (χ3v) is 4.52. The average molecular weight is 479 g/mol. The summed E-state index contributed by atoms with van der Waals surface area (Å²) >= 11 is 0. The van der Waals surface area contributed by atoms with Gasteiger partial charge in [0.25, 0.3) is 0 Å². The van der Waals surface area contributed by atoms with Gasteiger partial charge in [-0.05, 0) is 19.8 Å². The summed E-state index contributed by atoms with van der Waals surface area (Å²) in [6, 6.07) is 0.465. The number of aromatic nitrogens is 3. The van der Waals surface area contributed by atoms with Gasteiger partial charge < -0.3 is 19.9 Å². The summed E-state index contributed by atoms with van der Waals surface area (Å²) in [4.78, 5) is 7.18. The van der Waals surface area contributed by atoms with Gasteiger partial charge in [-0.3, -0.25) is 4.90 Å². The summed E-state index contributed by atoms with van der Waals surface area (Å²) < 4.78 is 7.49. The molecule has 9 heteroatoms. The van der Waals surface area contributed by atoms with Crippen molar-refractivity contribution < 1.29 is 4.74 Å². The highest BCUT2D eigenvalue weighted by Gasteiger charge is 2.23. The first-order valence-electron chi connectivity index (χ1n) is 9.36. The zero-order valence-electron chi connectivity index (χ0n) is 16.4. The average Bonchev–Trinajstić information content (AvgIpc) is 3.08. The van der Waals surface area contributed by atoms with Crippen LogP contribution >= 0.6 is 24.0 Å². The smallest absolute Gasteiger partial charge is 0.191 e. The zero-order valence-corrected chi connectivity index (χ0v) is 18.8. The number of morpholine rings is 1. The van der Waals surface area contributed by atoms with Crippen LogP contribution in [-0.2, 0) is 17.8 Å². The maximum Gasteiger partial charge on any atom is 0.191 e. The molecular formula is C17H34IN7O. The number of hydrogen-bond donors (Lipinski definition) is 2. The van der Waals surface area contributed by atoms with Crippen LogP contribution in [0.2, 0.25) is 0 Å². The Morgan fingerprint density at radius 3 is 2.62 bits per heavy atom. The predicted octanol–water partition coefficient (Wildman–Crippen LogP) is 1.33. The van der Waals surface area contributed by atoms with Gasteiger partial charge in [0.1, 0.15) is 12.9 Å². The summed E-state index contributed by atoms with van der Waals surface area (Å²) in [5.41, 5.74) is 0. The van der Waals surface area contributed by atoms with Crippen molar-refractivity contribution in [1.29, 1.82) is 0 Å². The molecule has 0 amide bonds. The molecule has 1 aliphatic heterocycles. The lowest BCUT2D eigenvalue weighted by molar-refractivity contribution is 0.00752. The fourth-order valence-corrected chi connectivity index (χ4v) is 3.05. The number of nitrogens with one attached hydrogen (secondary N) is 2.